The number of rotatable bonds is 6. The van der Waals surface area contributed by atoms with Crippen LogP contribution >= 0.6 is 0 Å². The van der Waals surface area contributed by atoms with Gasteiger partial charge in [-0.3, -0.25) is 9.89 Å². The van der Waals surface area contributed by atoms with Crippen molar-refractivity contribution >= 4 is 5.96 Å². The van der Waals surface area contributed by atoms with Gasteiger partial charge in [-0.2, -0.15) is 0 Å². The van der Waals surface area contributed by atoms with Crippen LogP contribution in [0.1, 0.15) is 39.2 Å². The summed E-state index contributed by atoms with van der Waals surface area (Å²) in [5, 5.41) is 6.71. The first-order valence-electron chi connectivity index (χ1n) is 8.52. The molecule has 1 saturated heterocycles. The standard InChI is InChI=1S/C18H30N4/c1-4-19-18(21-15(2)3)20-13-17-11-8-12-22(17)14-16-9-6-5-7-10-16/h5-7,9-10,15,17H,4,8,11-14H2,1-3H3,(H2,19,20,21). The molecule has 122 valence electrons. The molecule has 1 unspecified atom stereocenters. The highest BCUT2D eigenvalue weighted by molar-refractivity contribution is 5.80. The Morgan fingerprint density at radius 2 is 2.09 bits per heavy atom. The number of hydrogen-bond acceptors (Lipinski definition) is 2. The Bertz CT molecular complexity index is 455. The van der Waals surface area contributed by atoms with E-state index in [-0.39, 0.29) is 0 Å². The predicted molar refractivity (Wildman–Crippen MR) is 94.1 cm³/mol. The largest absolute Gasteiger partial charge is 0.357 e. The van der Waals surface area contributed by atoms with Crippen LogP contribution in [0.25, 0.3) is 0 Å². The number of benzene rings is 1. The molecule has 0 aliphatic carbocycles. The van der Waals surface area contributed by atoms with E-state index in [1.54, 1.807) is 0 Å². The number of nitrogens with one attached hydrogen (secondary N) is 2. The topological polar surface area (TPSA) is 39.7 Å². The highest BCUT2D eigenvalue weighted by Crippen LogP contribution is 2.20. The lowest BCUT2D eigenvalue weighted by molar-refractivity contribution is 0.250. The molecule has 0 bridgehead atoms. The molecular formula is C18H30N4. The average molecular weight is 302 g/mol. The molecule has 2 N–H and O–H groups in total. The molecule has 1 heterocycles. The number of nitrogens with zero attached hydrogens (tertiary/aromatic N) is 2. The lowest BCUT2D eigenvalue weighted by Crippen LogP contribution is -2.42. The SMILES string of the molecule is CCNC(=NCC1CCCN1Cc1ccccc1)NC(C)C. The average Bonchev–Trinajstić information content (AvgIpc) is 2.93. The Kier molecular flexibility index (Phi) is 6.72. The third-order valence-corrected chi connectivity index (χ3v) is 3.96. The molecule has 1 aliphatic rings. The molecule has 1 aromatic rings. The second-order valence-corrected chi connectivity index (χ2v) is 6.27. The fraction of sp³-hybridized carbons (Fsp3) is 0.611. The molecular weight excluding hydrogens is 272 g/mol. The van der Waals surface area contributed by atoms with Gasteiger partial charge in [0.1, 0.15) is 0 Å². The Morgan fingerprint density at radius 3 is 2.77 bits per heavy atom. The van der Waals surface area contributed by atoms with Crippen LogP contribution < -0.4 is 10.6 Å². The fourth-order valence-corrected chi connectivity index (χ4v) is 2.92. The summed E-state index contributed by atoms with van der Waals surface area (Å²) >= 11 is 0. The summed E-state index contributed by atoms with van der Waals surface area (Å²) in [6, 6.07) is 11.7. The van der Waals surface area contributed by atoms with Gasteiger partial charge in [-0.15, -0.1) is 0 Å². The van der Waals surface area contributed by atoms with E-state index in [2.05, 4.69) is 66.6 Å². The van der Waals surface area contributed by atoms with Crippen LogP contribution in [-0.2, 0) is 6.54 Å². The number of hydrogen-bond donors (Lipinski definition) is 2. The predicted octanol–water partition coefficient (Wildman–Crippen LogP) is 2.61. The molecule has 1 fully saturated rings. The molecule has 4 heteroatoms. The quantitative estimate of drug-likeness (QED) is 0.627. The van der Waals surface area contributed by atoms with Crippen LogP contribution in [0.3, 0.4) is 0 Å². The molecule has 2 rings (SSSR count). The Morgan fingerprint density at radius 1 is 1.32 bits per heavy atom. The van der Waals surface area contributed by atoms with Gasteiger partial charge in [0.05, 0.1) is 6.54 Å². The number of likely N-dealkylation sites (tertiary alicyclic amines) is 1. The van der Waals surface area contributed by atoms with Crippen molar-refractivity contribution in [2.24, 2.45) is 4.99 Å². The summed E-state index contributed by atoms with van der Waals surface area (Å²) in [6.45, 7) is 10.4. The lowest BCUT2D eigenvalue weighted by Gasteiger charge is -2.24. The normalized spacial score (nSPS) is 19.6. The van der Waals surface area contributed by atoms with E-state index >= 15 is 0 Å². The molecule has 1 aromatic carbocycles. The molecule has 0 aromatic heterocycles. The Hall–Kier alpha value is -1.55. The van der Waals surface area contributed by atoms with Crippen molar-refractivity contribution in [2.75, 3.05) is 19.6 Å². The van der Waals surface area contributed by atoms with Crippen LogP contribution in [-0.4, -0.2) is 42.6 Å². The van der Waals surface area contributed by atoms with Crippen LogP contribution in [0, 0.1) is 0 Å². The zero-order valence-electron chi connectivity index (χ0n) is 14.2. The summed E-state index contributed by atoms with van der Waals surface area (Å²) in [7, 11) is 0. The lowest BCUT2D eigenvalue weighted by atomic mass is 10.2. The first-order chi connectivity index (χ1) is 10.7. The summed E-state index contributed by atoms with van der Waals surface area (Å²) in [5.41, 5.74) is 1.39. The Labute approximate surface area is 135 Å². The Balaban J connectivity index is 1.92. The van der Waals surface area contributed by atoms with Crippen molar-refractivity contribution in [3.63, 3.8) is 0 Å². The first-order valence-corrected chi connectivity index (χ1v) is 8.52. The first kappa shape index (κ1) is 16.8. The molecule has 0 amide bonds. The highest BCUT2D eigenvalue weighted by Gasteiger charge is 2.24. The van der Waals surface area contributed by atoms with Crippen LogP contribution in [0.4, 0.5) is 0 Å². The molecule has 1 aliphatic heterocycles. The minimum atomic E-state index is 0.404. The van der Waals surface area contributed by atoms with Gasteiger partial charge in [-0.25, -0.2) is 0 Å². The van der Waals surface area contributed by atoms with E-state index in [0.717, 1.165) is 25.6 Å². The van der Waals surface area contributed by atoms with Crippen molar-refractivity contribution < 1.29 is 0 Å². The minimum Gasteiger partial charge on any atom is -0.357 e. The molecule has 0 spiro atoms. The monoisotopic (exact) mass is 302 g/mol. The minimum absolute atomic E-state index is 0.404. The van der Waals surface area contributed by atoms with Gasteiger partial charge >= 0.3 is 0 Å². The summed E-state index contributed by atoms with van der Waals surface area (Å²) in [5.74, 6) is 0.934. The van der Waals surface area contributed by atoms with Crippen LogP contribution in [0.5, 0.6) is 0 Å². The van der Waals surface area contributed by atoms with Gasteiger partial charge in [-0.1, -0.05) is 30.3 Å². The van der Waals surface area contributed by atoms with Gasteiger partial charge in [0, 0.05) is 25.2 Å². The number of aliphatic imine (C=N–C) groups is 1. The van der Waals surface area contributed by atoms with Crippen molar-refractivity contribution in [2.45, 2.75) is 52.2 Å². The molecule has 22 heavy (non-hydrogen) atoms. The molecule has 0 radical (unpaired) electrons. The highest BCUT2D eigenvalue weighted by atomic mass is 15.2. The molecule has 0 saturated carbocycles. The molecule has 1 atom stereocenters. The van der Waals surface area contributed by atoms with E-state index in [4.69, 9.17) is 4.99 Å². The molecule has 4 nitrogen and oxygen atoms in total. The van der Waals surface area contributed by atoms with Crippen LogP contribution in [0.2, 0.25) is 0 Å². The zero-order valence-corrected chi connectivity index (χ0v) is 14.2. The second-order valence-electron chi connectivity index (χ2n) is 6.27. The third kappa shape index (κ3) is 5.34. The van der Waals surface area contributed by atoms with Gasteiger partial charge < -0.3 is 10.6 Å². The maximum atomic E-state index is 4.78. The van der Waals surface area contributed by atoms with Gasteiger partial charge in [0.15, 0.2) is 5.96 Å². The summed E-state index contributed by atoms with van der Waals surface area (Å²) in [6.07, 6.45) is 2.53. The van der Waals surface area contributed by atoms with Crippen molar-refractivity contribution in [3.05, 3.63) is 35.9 Å². The maximum Gasteiger partial charge on any atom is 0.191 e. The maximum absolute atomic E-state index is 4.78. The van der Waals surface area contributed by atoms with Gasteiger partial charge in [-0.05, 0) is 45.7 Å². The fourth-order valence-electron chi connectivity index (χ4n) is 2.92. The summed E-state index contributed by atoms with van der Waals surface area (Å²) in [4.78, 5) is 7.35. The van der Waals surface area contributed by atoms with Crippen molar-refractivity contribution in [1.29, 1.82) is 0 Å². The van der Waals surface area contributed by atoms with E-state index in [9.17, 15) is 0 Å². The van der Waals surface area contributed by atoms with Gasteiger partial charge in [0.25, 0.3) is 0 Å². The zero-order chi connectivity index (χ0) is 15.8. The summed E-state index contributed by atoms with van der Waals surface area (Å²) < 4.78 is 0. The van der Waals surface area contributed by atoms with Crippen LogP contribution in [0.15, 0.2) is 35.3 Å². The van der Waals surface area contributed by atoms with Crippen molar-refractivity contribution in [1.82, 2.24) is 15.5 Å². The smallest absolute Gasteiger partial charge is 0.191 e. The number of guanidine groups is 1. The third-order valence-electron chi connectivity index (χ3n) is 3.96. The van der Waals surface area contributed by atoms with E-state index in [1.165, 1.54) is 24.9 Å². The van der Waals surface area contributed by atoms with Gasteiger partial charge in [0.2, 0.25) is 0 Å². The van der Waals surface area contributed by atoms with E-state index < -0.39 is 0 Å². The van der Waals surface area contributed by atoms with E-state index in [1.807, 2.05) is 0 Å². The van der Waals surface area contributed by atoms with Crippen molar-refractivity contribution in [3.8, 4) is 0 Å². The second kappa shape index (κ2) is 8.79. The van der Waals surface area contributed by atoms with E-state index in [0.29, 0.717) is 12.1 Å².